The number of hydrogen-bond donors (Lipinski definition) is 16. The molecule has 0 spiro atoms. The molecule has 0 aromatic heterocycles. The first kappa shape index (κ1) is 45.1. The summed E-state index contributed by atoms with van der Waals surface area (Å²) < 4.78 is 49.9. The summed E-state index contributed by atoms with van der Waals surface area (Å²) in [5, 5.41) is 155. The predicted octanol–water partition coefficient (Wildman–Crippen LogP) is -10.9. The molecule has 0 bridgehead atoms. The Morgan fingerprint density at radius 2 is 0.800 bits per heavy atom. The fourth-order valence-corrected chi connectivity index (χ4v) is 6.80. The van der Waals surface area contributed by atoms with Crippen LogP contribution >= 0.6 is 0 Å². The lowest BCUT2D eigenvalue weighted by Crippen LogP contribution is -2.68. The van der Waals surface area contributed by atoms with E-state index in [1.807, 2.05) is 0 Å². The summed E-state index contributed by atoms with van der Waals surface area (Å²) in [4.78, 5) is 0. The van der Waals surface area contributed by atoms with Crippen molar-refractivity contribution in [2.24, 2.45) is 5.73 Å². The maximum atomic E-state index is 10.8. The number of rotatable bonds is 12. The SMILES string of the molecule is C[C@@H]1O[C@@H](OC[C@H]2O[C@H](O[C@@H]3[C@H](O[C@@H]4O[C@H](CO[C@H]5O[C@H](CO)[C@@H](O)[C@H](O)[C@H]5O)[C@@H](O)[C@H](O)[C@H]4O)[C@@H](N)[C@@H](O)O[C@@H]3CO)[C@H](O)[C@@H](O)[C@@H]2O)[C@H](O)[C@H](O)[C@H]1O. The van der Waals surface area contributed by atoms with Crippen molar-refractivity contribution in [3.63, 3.8) is 0 Å². The monoisotopic (exact) mass is 811 g/mol. The molecule has 0 radical (unpaired) electrons. The minimum atomic E-state index is -2.03. The van der Waals surface area contributed by atoms with Gasteiger partial charge in [0.2, 0.25) is 0 Å². The van der Waals surface area contributed by atoms with Gasteiger partial charge in [0.05, 0.1) is 38.6 Å². The van der Waals surface area contributed by atoms with E-state index in [-0.39, 0.29) is 0 Å². The molecule has 25 heteroatoms. The average molecular weight is 812 g/mol. The Bertz CT molecular complexity index is 1200. The maximum Gasteiger partial charge on any atom is 0.187 e. The van der Waals surface area contributed by atoms with Crippen LogP contribution in [-0.2, 0) is 42.6 Å². The van der Waals surface area contributed by atoms with Crippen LogP contribution in [0.2, 0.25) is 0 Å². The molecule has 0 amide bonds. The number of ether oxygens (including phenoxy) is 9. The smallest absolute Gasteiger partial charge is 0.187 e. The minimum Gasteiger partial charge on any atom is -0.394 e. The van der Waals surface area contributed by atoms with Gasteiger partial charge in [-0.05, 0) is 6.92 Å². The van der Waals surface area contributed by atoms with E-state index >= 15 is 0 Å². The van der Waals surface area contributed by atoms with Gasteiger partial charge >= 0.3 is 0 Å². The van der Waals surface area contributed by atoms with Crippen LogP contribution in [0.15, 0.2) is 0 Å². The molecule has 5 heterocycles. The Kier molecular flexibility index (Phi) is 15.5. The van der Waals surface area contributed by atoms with Crippen molar-refractivity contribution in [3.05, 3.63) is 0 Å². The Morgan fingerprint density at radius 3 is 1.27 bits per heavy atom. The van der Waals surface area contributed by atoms with Crippen LogP contribution in [0.3, 0.4) is 0 Å². The third kappa shape index (κ3) is 9.42. The van der Waals surface area contributed by atoms with E-state index in [1.165, 1.54) is 6.92 Å². The van der Waals surface area contributed by atoms with Crippen LogP contribution in [0.5, 0.6) is 0 Å². The average Bonchev–Trinajstić information content (AvgIpc) is 3.17. The first-order chi connectivity index (χ1) is 25.9. The molecule has 0 aromatic rings. The summed E-state index contributed by atoms with van der Waals surface area (Å²) >= 11 is 0. The van der Waals surface area contributed by atoms with E-state index in [4.69, 9.17) is 48.4 Å². The van der Waals surface area contributed by atoms with Gasteiger partial charge < -0.3 is 125 Å². The van der Waals surface area contributed by atoms with E-state index in [9.17, 15) is 76.6 Å². The van der Waals surface area contributed by atoms with Crippen molar-refractivity contribution in [1.82, 2.24) is 0 Å². The Balaban J connectivity index is 1.29. The van der Waals surface area contributed by atoms with Gasteiger partial charge in [-0.3, -0.25) is 0 Å². The van der Waals surface area contributed by atoms with Crippen molar-refractivity contribution in [1.29, 1.82) is 0 Å². The van der Waals surface area contributed by atoms with Gasteiger partial charge in [-0.2, -0.15) is 0 Å². The summed E-state index contributed by atoms with van der Waals surface area (Å²) in [5.41, 5.74) is 6.17. The van der Waals surface area contributed by atoms with Crippen molar-refractivity contribution >= 4 is 0 Å². The molecule has 5 fully saturated rings. The van der Waals surface area contributed by atoms with Crippen LogP contribution in [0.25, 0.3) is 0 Å². The molecule has 0 aromatic carbocycles. The van der Waals surface area contributed by atoms with Crippen molar-refractivity contribution in [2.45, 2.75) is 160 Å². The molecule has 0 aliphatic carbocycles. The highest BCUT2D eigenvalue weighted by atomic mass is 16.8. The number of nitrogens with two attached hydrogens (primary N) is 1. The molecule has 0 unspecified atom stereocenters. The lowest BCUT2D eigenvalue weighted by atomic mass is 9.95. The van der Waals surface area contributed by atoms with Crippen LogP contribution < -0.4 is 5.73 Å². The predicted molar refractivity (Wildman–Crippen MR) is 167 cm³/mol. The minimum absolute atomic E-state index is 0.653. The zero-order valence-corrected chi connectivity index (χ0v) is 29.2. The van der Waals surface area contributed by atoms with Crippen molar-refractivity contribution < 1.29 is 119 Å². The highest BCUT2D eigenvalue weighted by molar-refractivity contribution is 4.98. The number of aliphatic hydroxyl groups excluding tert-OH is 15. The molecule has 0 saturated carbocycles. The highest BCUT2D eigenvalue weighted by Crippen LogP contribution is 2.33. The van der Waals surface area contributed by atoms with Crippen molar-refractivity contribution in [2.75, 3.05) is 26.4 Å². The standard InChI is InChI=1S/C30H53NO24/c1-6-12(34)16(38)20(42)27(49-6)47-4-9-14(36)18(40)22(44)29(52-9)54-24-8(3-33)50-26(46)11(31)25(24)55-30-23(45)19(41)15(37)10(53-30)5-48-28-21(43)17(39)13(35)7(2-32)51-28/h6-30,32-46H,2-5,31H2,1H3/t6-,7+,8+,9+,10+,11+,12-,13+,14+,15+,16+,17-,18-,19-,20+,21+,22+,23+,24-,25+,26-,27+,28-,29+,30-/m0/s1. The van der Waals surface area contributed by atoms with Gasteiger partial charge in [-0.15, -0.1) is 0 Å². The first-order valence-corrected chi connectivity index (χ1v) is 17.5. The summed E-state index contributed by atoms with van der Waals surface area (Å²) in [6.45, 7) is -1.64. The zero-order valence-electron chi connectivity index (χ0n) is 29.2. The normalized spacial score (nSPS) is 53.9. The second-order valence-corrected chi connectivity index (χ2v) is 14.1. The molecule has 322 valence electrons. The fourth-order valence-electron chi connectivity index (χ4n) is 6.80. The highest BCUT2D eigenvalue weighted by Gasteiger charge is 2.54. The molecule has 25 nitrogen and oxygen atoms in total. The molecule has 5 rings (SSSR count). The molecule has 17 N–H and O–H groups in total. The van der Waals surface area contributed by atoms with Crippen LogP contribution in [0.1, 0.15) is 6.92 Å². The van der Waals surface area contributed by atoms with Gasteiger partial charge in [0.15, 0.2) is 31.5 Å². The Hall–Kier alpha value is -1.00. The van der Waals surface area contributed by atoms with Crippen molar-refractivity contribution in [3.8, 4) is 0 Å². The van der Waals surface area contributed by atoms with Gasteiger partial charge in [0, 0.05) is 0 Å². The second-order valence-electron chi connectivity index (χ2n) is 14.1. The van der Waals surface area contributed by atoms with E-state index in [0.717, 1.165) is 0 Å². The van der Waals surface area contributed by atoms with Gasteiger partial charge in [0.25, 0.3) is 0 Å². The molecule has 5 aliphatic heterocycles. The van der Waals surface area contributed by atoms with Gasteiger partial charge in [-0.1, -0.05) is 0 Å². The number of aliphatic hydroxyl groups is 15. The summed E-state index contributed by atoms with van der Waals surface area (Å²) in [5.74, 6) is 0. The first-order valence-electron chi connectivity index (χ1n) is 17.5. The summed E-state index contributed by atoms with van der Waals surface area (Å²) in [6.07, 6.45) is -41.1. The second kappa shape index (κ2) is 18.9. The maximum absolute atomic E-state index is 10.8. The topological polar surface area (TPSA) is 413 Å². The van der Waals surface area contributed by atoms with E-state index in [2.05, 4.69) is 0 Å². The zero-order chi connectivity index (χ0) is 40.6. The lowest BCUT2D eigenvalue weighted by molar-refractivity contribution is -0.376. The molecule has 55 heavy (non-hydrogen) atoms. The molecule has 25 atom stereocenters. The largest absolute Gasteiger partial charge is 0.394 e. The van der Waals surface area contributed by atoms with E-state index in [1.54, 1.807) is 0 Å². The molecular weight excluding hydrogens is 758 g/mol. The van der Waals surface area contributed by atoms with E-state index < -0.39 is 180 Å². The molecular formula is C30H53NO24. The van der Waals surface area contributed by atoms with Crippen LogP contribution in [0, 0.1) is 0 Å². The quantitative estimate of drug-likeness (QED) is 0.0870. The lowest BCUT2D eigenvalue weighted by Gasteiger charge is -2.49. The van der Waals surface area contributed by atoms with E-state index in [0.29, 0.717) is 0 Å². The summed E-state index contributed by atoms with van der Waals surface area (Å²) in [7, 11) is 0. The van der Waals surface area contributed by atoms with Crippen LogP contribution in [-0.4, -0.2) is 256 Å². The third-order valence-electron chi connectivity index (χ3n) is 10.3. The third-order valence-corrected chi connectivity index (χ3v) is 10.3. The number of hydrogen-bond acceptors (Lipinski definition) is 25. The van der Waals surface area contributed by atoms with Crippen LogP contribution in [0.4, 0.5) is 0 Å². The molecule has 5 aliphatic rings. The summed E-state index contributed by atoms with van der Waals surface area (Å²) in [6, 6.07) is -1.60. The van der Waals surface area contributed by atoms with Gasteiger partial charge in [-0.25, -0.2) is 0 Å². The fraction of sp³-hybridized carbons (Fsp3) is 1.00. The van der Waals surface area contributed by atoms with Gasteiger partial charge in [0.1, 0.15) is 110 Å². The Labute approximate surface area is 312 Å². The Morgan fingerprint density at radius 1 is 0.418 bits per heavy atom. The molecule has 5 saturated heterocycles.